The molecule has 0 radical (unpaired) electrons. The molecule has 0 unspecified atom stereocenters. The minimum Gasteiger partial charge on any atom is -0.495 e. The van der Waals surface area contributed by atoms with E-state index in [0.29, 0.717) is 0 Å². The molecular formula is C17H19N5O. The van der Waals surface area contributed by atoms with Gasteiger partial charge in [0, 0.05) is 44.1 Å². The van der Waals surface area contributed by atoms with Crippen LogP contribution in [0.4, 0.5) is 5.82 Å². The molecule has 0 amide bonds. The summed E-state index contributed by atoms with van der Waals surface area (Å²) in [6.07, 6.45) is 5.82. The molecule has 0 bridgehead atoms. The van der Waals surface area contributed by atoms with Gasteiger partial charge in [-0.15, -0.1) is 0 Å². The summed E-state index contributed by atoms with van der Waals surface area (Å²) in [4.78, 5) is 11.6. The molecule has 23 heavy (non-hydrogen) atoms. The molecule has 1 aliphatic heterocycles. The van der Waals surface area contributed by atoms with Crippen molar-refractivity contribution in [3.05, 3.63) is 42.9 Å². The van der Waals surface area contributed by atoms with Crippen molar-refractivity contribution in [3.8, 4) is 17.0 Å². The van der Waals surface area contributed by atoms with Gasteiger partial charge in [-0.25, -0.2) is 9.97 Å². The van der Waals surface area contributed by atoms with Crippen molar-refractivity contribution in [2.45, 2.75) is 0 Å². The monoisotopic (exact) mass is 309 g/mol. The number of pyridine rings is 2. The third kappa shape index (κ3) is 2.73. The molecule has 0 aliphatic carbocycles. The molecule has 0 spiro atoms. The number of methoxy groups -OCH3 is 1. The largest absolute Gasteiger partial charge is 0.495 e. The Hall–Kier alpha value is -2.60. The van der Waals surface area contributed by atoms with E-state index in [1.807, 2.05) is 35.1 Å². The summed E-state index contributed by atoms with van der Waals surface area (Å²) in [5.74, 6) is 1.84. The molecule has 118 valence electrons. The number of anilines is 1. The van der Waals surface area contributed by atoms with Crippen LogP contribution in [-0.2, 0) is 0 Å². The summed E-state index contributed by atoms with van der Waals surface area (Å²) in [7, 11) is 1.66. The first-order valence-corrected chi connectivity index (χ1v) is 7.78. The van der Waals surface area contributed by atoms with Gasteiger partial charge in [-0.05, 0) is 24.3 Å². The lowest BCUT2D eigenvalue weighted by atomic mass is 10.2. The van der Waals surface area contributed by atoms with Crippen LogP contribution in [0.3, 0.4) is 0 Å². The van der Waals surface area contributed by atoms with E-state index in [2.05, 4.69) is 32.3 Å². The lowest BCUT2D eigenvalue weighted by Crippen LogP contribution is -2.43. The maximum absolute atomic E-state index is 5.25. The molecule has 1 N–H and O–H groups in total. The SMILES string of the molecule is COc1ccc2nc(-c3ccc(N4CCNCC4)nc3)cn2c1. The van der Waals surface area contributed by atoms with Gasteiger partial charge in [0.25, 0.3) is 0 Å². The molecule has 4 heterocycles. The molecule has 3 aromatic heterocycles. The molecule has 0 saturated carbocycles. The van der Waals surface area contributed by atoms with E-state index in [4.69, 9.17) is 4.74 Å². The zero-order valence-electron chi connectivity index (χ0n) is 13.1. The number of imidazole rings is 1. The van der Waals surface area contributed by atoms with Crippen LogP contribution in [0.25, 0.3) is 16.9 Å². The predicted molar refractivity (Wildman–Crippen MR) is 90.1 cm³/mol. The zero-order valence-corrected chi connectivity index (χ0v) is 13.1. The average molecular weight is 309 g/mol. The number of nitrogens with one attached hydrogen (secondary N) is 1. The Kier molecular flexibility index (Phi) is 3.59. The number of ether oxygens (including phenoxy) is 1. The van der Waals surface area contributed by atoms with Crippen LogP contribution in [0.15, 0.2) is 42.9 Å². The highest BCUT2D eigenvalue weighted by molar-refractivity contribution is 5.63. The second-order valence-electron chi connectivity index (χ2n) is 5.60. The van der Waals surface area contributed by atoms with E-state index in [-0.39, 0.29) is 0 Å². The average Bonchev–Trinajstić information content (AvgIpc) is 3.05. The molecule has 0 atom stereocenters. The maximum atomic E-state index is 5.25. The zero-order chi connectivity index (χ0) is 15.6. The van der Waals surface area contributed by atoms with Gasteiger partial charge in [-0.2, -0.15) is 0 Å². The van der Waals surface area contributed by atoms with Gasteiger partial charge >= 0.3 is 0 Å². The van der Waals surface area contributed by atoms with E-state index in [1.165, 1.54) is 0 Å². The van der Waals surface area contributed by atoms with Crippen molar-refractivity contribution in [1.29, 1.82) is 0 Å². The highest BCUT2D eigenvalue weighted by Crippen LogP contribution is 2.22. The van der Waals surface area contributed by atoms with Crippen molar-refractivity contribution in [1.82, 2.24) is 19.7 Å². The van der Waals surface area contributed by atoms with E-state index in [9.17, 15) is 0 Å². The third-order valence-electron chi connectivity index (χ3n) is 4.14. The molecule has 1 aliphatic rings. The van der Waals surface area contributed by atoms with Crippen LogP contribution < -0.4 is 15.0 Å². The van der Waals surface area contributed by atoms with Gasteiger partial charge in [0.15, 0.2) is 0 Å². The summed E-state index contributed by atoms with van der Waals surface area (Å²) < 4.78 is 7.22. The number of fused-ring (bicyclic) bond motifs is 1. The number of rotatable bonds is 3. The lowest BCUT2D eigenvalue weighted by Gasteiger charge is -2.28. The molecule has 0 aromatic carbocycles. The van der Waals surface area contributed by atoms with Gasteiger partial charge < -0.3 is 19.4 Å². The second-order valence-corrected chi connectivity index (χ2v) is 5.60. The first-order valence-electron chi connectivity index (χ1n) is 7.78. The van der Waals surface area contributed by atoms with E-state index >= 15 is 0 Å². The number of nitrogens with zero attached hydrogens (tertiary/aromatic N) is 4. The van der Waals surface area contributed by atoms with Crippen molar-refractivity contribution >= 4 is 11.5 Å². The molecular weight excluding hydrogens is 290 g/mol. The van der Waals surface area contributed by atoms with Gasteiger partial charge in [-0.3, -0.25) is 0 Å². The Labute approximate surface area is 134 Å². The number of hydrogen-bond donors (Lipinski definition) is 1. The van der Waals surface area contributed by atoms with Crippen LogP contribution >= 0.6 is 0 Å². The maximum Gasteiger partial charge on any atom is 0.137 e. The highest BCUT2D eigenvalue weighted by Gasteiger charge is 2.12. The number of hydrogen-bond acceptors (Lipinski definition) is 5. The topological polar surface area (TPSA) is 54.7 Å². The lowest BCUT2D eigenvalue weighted by molar-refractivity contribution is 0.412. The first kappa shape index (κ1) is 14.0. The Bertz CT molecular complexity index is 805. The fourth-order valence-electron chi connectivity index (χ4n) is 2.85. The van der Waals surface area contributed by atoms with Crippen molar-refractivity contribution in [2.75, 3.05) is 38.2 Å². The van der Waals surface area contributed by atoms with Gasteiger partial charge in [-0.1, -0.05) is 0 Å². The minimum atomic E-state index is 0.814. The standard InChI is InChI=1S/C17H19N5O/c1-23-14-3-5-17-20-15(12-22(17)11-14)13-2-4-16(19-10-13)21-8-6-18-7-9-21/h2-5,10-12,18H,6-9H2,1H3. The number of aromatic nitrogens is 3. The van der Waals surface area contributed by atoms with E-state index < -0.39 is 0 Å². The van der Waals surface area contributed by atoms with Gasteiger partial charge in [0.2, 0.25) is 0 Å². The van der Waals surface area contributed by atoms with Crippen LogP contribution in [0.2, 0.25) is 0 Å². The normalized spacial score (nSPS) is 15.1. The van der Waals surface area contributed by atoms with E-state index in [0.717, 1.165) is 54.7 Å². The summed E-state index contributed by atoms with van der Waals surface area (Å²) >= 11 is 0. The third-order valence-corrected chi connectivity index (χ3v) is 4.14. The summed E-state index contributed by atoms with van der Waals surface area (Å²) in [6, 6.07) is 8.03. The fourth-order valence-corrected chi connectivity index (χ4v) is 2.85. The predicted octanol–water partition coefficient (Wildman–Crippen LogP) is 1.81. The highest BCUT2D eigenvalue weighted by atomic mass is 16.5. The molecule has 3 aromatic rings. The van der Waals surface area contributed by atoms with Crippen LogP contribution in [0.1, 0.15) is 0 Å². The number of piperazine rings is 1. The van der Waals surface area contributed by atoms with Gasteiger partial charge in [0.05, 0.1) is 19.0 Å². The fraction of sp³-hybridized carbons (Fsp3) is 0.294. The molecule has 6 nitrogen and oxygen atoms in total. The first-order chi connectivity index (χ1) is 11.3. The van der Waals surface area contributed by atoms with Crippen LogP contribution in [0, 0.1) is 0 Å². The Morgan fingerprint density at radius 1 is 1.09 bits per heavy atom. The van der Waals surface area contributed by atoms with Crippen LogP contribution in [-0.4, -0.2) is 47.7 Å². The second kappa shape index (κ2) is 5.89. The van der Waals surface area contributed by atoms with Crippen molar-refractivity contribution < 1.29 is 4.74 Å². The summed E-state index contributed by atoms with van der Waals surface area (Å²) in [5, 5.41) is 3.35. The smallest absolute Gasteiger partial charge is 0.137 e. The Balaban J connectivity index is 1.62. The summed E-state index contributed by atoms with van der Waals surface area (Å²) in [6.45, 7) is 4.02. The molecule has 6 heteroatoms. The molecule has 1 fully saturated rings. The van der Waals surface area contributed by atoms with Crippen LogP contribution in [0.5, 0.6) is 5.75 Å². The molecule has 1 saturated heterocycles. The van der Waals surface area contributed by atoms with Crippen molar-refractivity contribution in [2.24, 2.45) is 0 Å². The summed E-state index contributed by atoms with van der Waals surface area (Å²) in [5.41, 5.74) is 2.83. The van der Waals surface area contributed by atoms with Crippen molar-refractivity contribution in [3.63, 3.8) is 0 Å². The molecule has 4 rings (SSSR count). The Morgan fingerprint density at radius 2 is 1.96 bits per heavy atom. The Morgan fingerprint density at radius 3 is 2.70 bits per heavy atom. The van der Waals surface area contributed by atoms with Gasteiger partial charge in [0.1, 0.15) is 17.2 Å². The minimum absolute atomic E-state index is 0.814. The quantitative estimate of drug-likeness (QED) is 0.800. The van der Waals surface area contributed by atoms with E-state index in [1.54, 1.807) is 7.11 Å².